The zero-order valence-electron chi connectivity index (χ0n) is 15.9. The summed E-state index contributed by atoms with van der Waals surface area (Å²) >= 11 is 6.10. The molecule has 0 aliphatic rings. The summed E-state index contributed by atoms with van der Waals surface area (Å²) in [6.45, 7) is 7.79. The molecule has 1 aromatic carbocycles. The van der Waals surface area contributed by atoms with Crippen LogP contribution < -0.4 is 10.5 Å². The molecule has 0 aliphatic heterocycles. The first kappa shape index (κ1) is 20.6. The Labute approximate surface area is 168 Å². The Hall–Kier alpha value is -2.16. The topological polar surface area (TPSA) is 62.3 Å². The first-order valence-electron chi connectivity index (χ1n) is 8.79. The minimum Gasteiger partial charge on any atom is -0.450 e. The number of anilines is 1. The molecule has 3 rings (SSSR count). The van der Waals surface area contributed by atoms with Gasteiger partial charge in [0, 0.05) is 44.8 Å². The smallest absolute Gasteiger partial charge is 0.198 e. The van der Waals surface area contributed by atoms with Crippen molar-refractivity contribution in [3.63, 3.8) is 0 Å². The maximum absolute atomic E-state index is 14.1. The zero-order chi connectivity index (χ0) is 20.5. The number of rotatable bonds is 7. The van der Waals surface area contributed by atoms with E-state index in [9.17, 15) is 8.78 Å². The summed E-state index contributed by atoms with van der Waals surface area (Å²) in [5.74, 6) is -2.14. The van der Waals surface area contributed by atoms with Crippen molar-refractivity contribution in [2.45, 2.75) is 32.4 Å². The van der Waals surface area contributed by atoms with E-state index < -0.39 is 25.5 Å². The third kappa shape index (κ3) is 4.81. The molecule has 9 heteroatoms. The Bertz CT molecular complexity index is 982. The highest BCUT2D eigenvalue weighted by molar-refractivity contribution is 6.76. The van der Waals surface area contributed by atoms with Gasteiger partial charge in [-0.3, -0.25) is 0 Å². The highest BCUT2D eigenvalue weighted by atomic mass is 35.5. The number of fused-ring (bicyclic) bond motifs is 1. The van der Waals surface area contributed by atoms with Crippen LogP contribution in [0.4, 0.5) is 14.5 Å². The summed E-state index contributed by atoms with van der Waals surface area (Å²) in [4.78, 5) is 4.29. The Morgan fingerprint density at radius 3 is 2.50 bits per heavy atom. The van der Waals surface area contributed by atoms with Gasteiger partial charge in [-0.05, 0) is 12.1 Å². The molecule has 0 aliphatic carbocycles. The molecule has 150 valence electrons. The fraction of sp³-hybridized carbons (Fsp3) is 0.316. The van der Waals surface area contributed by atoms with E-state index >= 15 is 0 Å². The molecule has 0 atom stereocenters. The van der Waals surface area contributed by atoms with Crippen molar-refractivity contribution in [1.29, 1.82) is 0 Å². The molecule has 0 spiro atoms. The lowest BCUT2D eigenvalue weighted by Crippen LogP contribution is -2.22. The maximum Gasteiger partial charge on any atom is 0.198 e. The van der Waals surface area contributed by atoms with Gasteiger partial charge in [-0.25, -0.2) is 13.8 Å². The largest absolute Gasteiger partial charge is 0.450 e. The third-order valence-corrected chi connectivity index (χ3v) is 6.02. The second kappa shape index (κ2) is 8.06. The number of benzene rings is 1. The van der Waals surface area contributed by atoms with Crippen LogP contribution in [0.2, 0.25) is 30.8 Å². The van der Waals surface area contributed by atoms with Crippen molar-refractivity contribution < 1.29 is 18.3 Å². The summed E-state index contributed by atoms with van der Waals surface area (Å²) < 4.78 is 41.2. The Morgan fingerprint density at radius 1 is 1.18 bits per heavy atom. The van der Waals surface area contributed by atoms with Gasteiger partial charge >= 0.3 is 0 Å². The van der Waals surface area contributed by atoms with Crippen LogP contribution in [0.5, 0.6) is 11.5 Å². The van der Waals surface area contributed by atoms with Crippen molar-refractivity contribution in [2.24, 2.45) is 0 Å². The molecule has 0 unspecified atom stereocenters. The summed E-state index contributed by atoms with van der Waals surface area (Å²) in [5.41, 5.74) is 5.92. The molecule has 28 heavy (non-hydrogen) atoms. The van der Waals surface area contributed by atoms with Gasteiger partial charge in [-0.1, -0.05) is 31.2 Å². The molecule has 3 aromatic rings. The van der Waals surface area contributed by atoms with Crippen molar-refractivity contribution in [1.82, 2.24) is 9.55 Å². The SMILES string of the molecule is C[Si](C)(C)CCOCn1ccc2c(Oc3c(F)cc(N)cc3F)cc(Cl)nc21. The highest BCUT2D eigenvalue weighted by Crippen LogP contribution is 2.35. The van der Waals surface area contributed by atoms with E-state index in [2.05, 4.69) is 24.6 Å². The first-order chi connectivity index (χ1) is 13.1. The van der Waals surface area contributed by atoms with Crippen LogP contribution >= 0.6 is 11.6 Å². The van der Waals surface area contributed by atoms with Gasteiger partial charge in [-0.15, -0.1) is 0 Å². The Kier molecular flexibility index (Phi) is 5.92. The average Bonchev–Trinajstić information content (AvgIpc) is 2.97. The predicted molar refractivity (Wildman–Crippen MR) is 110 cm³/mol. The van der Waals surface area contributed by atoms with Gasteiger partial charge in [0.2, 0.25) is 0 Å². The van der Waals surface area contributed by atoms with Crippen molar-refractivity contribution in [2.75, 3.05) is 12.3 Å². The van der Waals surface area contributed by atoms with Crippen LogP contribution in [0.15, 0.2) is 30.5 Å². The molecule has 2 aromatic heterocycles. The summed E-state index contributed by atoms with van der Waals surface area (Å²) in [7, 11) is -1.18. The molecule has 0 radical (unpaired) electrons. The number of ether oxygens (including phenoxy) is 2. The summed E-state index contributed by atoms with van der Waals surface area (Å²) in [5, 5.41) is 0.703. The van der Waals surface area contributed by atoms with E-state index in [4.69, 9.17) is 26.8 Å². The quantitative estimate of drug-likeness (QED) is 0.230. The zero-order valence-corrected chi connectivity index (χ0v) is 17.7. The number of hydrogen-bond donors (Lipinski definition) is 1. The monoisotopic (exact) mass is 425 g/mol. The minimum absolute atomic E-state index is 0.0260. The fourth-order valence-corrected chi connectivity index (χ4v) is 3.55. The normalized spacial score (nSPS) is 11.9. The van der Waals surface area contributed by atoms with Crippen molar-refractivity contribution in [3.05, 3.63) is 47.2 Å². The van der Waals surface area contributed by atoms with E-state index in [1.165, 1.54) is 6.07 Å². The molecule has 0 bridgehead atoms. The van der Waals surface area contributed by atoms with E-state index in [0.29, 0.717) is 24.4 Å². The molecule has 0 saturated heterocycles. The molecular weight excluding hydrogens is 404 g/mol. The van der Waals surface area contributed by atoms with Gasteiger partial charge in [0.15, 0.2) is 17.4 Å². The van der Waals surface area contributed by atoms with Gasteiger partial charge in [-0.2, -0.15) is 0 Å². The van der Waals surface area contributed by atoms with Gasteiger partial charge < -0.3 is 19.8 Å². The van der Waals surface area contributed by atoms with Crippen LogP contribution in [-0.2, 0) is 11.5 Å². The molecular formula is C19H22ClF2N3O2Si. The molecule has 0 saturated carbocycles. The van der Waals surface area contributed by atoms with Gasteiger partial charge in [0.05, 0.1) is 5.39 Å². The minimum atomic E-state index is -1.18. The van der Waals surface area contributed by atoms with Crippen LogP contribution in [0.25, 0.3) is 11.0 Å². The number of nitrogens with two attached hydrogens (primary N) is 1. The number of pyridine rings is 1. The van der Waals surface area contributed by atoms with E-state index in [1.807, 2.05) is 0 Å². The summed E-state index contributed by atoms with van der Waals surface area (Å²) in [6.07, 6.45) is 1.77. The number of aromatic nitrogens is 2. The van der Waals surface area contributed by atoms with E-state index in [-0.39, 0.29) is 16.6 Å². The third-order valence-electron chi connectivity index (χ3n) is 4.12. The van der Waals surface area contributed by atoms with Crippen LogP contribution in [0.1, 0.15) is 0 Å². The highest BCUT2D eigenvalue weighted by Gasteiger charge is 2.17. The Morgan fingerprint density at radius 2 is 1.86 bits per heavy atom. The predicted octanol–water partition coefficient (Wildman–Crippen LogP) is 5.65. The molecule has 5 nitrogen and oxygen atoms in total. The van der Waals surface area contributed by atoms with Gasteiger partial charge in [0.1, 0.15) is 23.3 Å². The first-order valence-corrected chi connectivity index (χ1v) is 12.9. The number of halogens is 3. The van der Waals surface area contributed by atoms with Gasteiger partial charge in [0.25, 0.3) is 0 Å². The van der Waals surface area contributed by atoms with Crippen LogP contribution in [0, 0.1) is 11.6 Å². The van der Waals surface area contributed by atoms with Crippen LogP contribution in [-0.4, -0.2) is 24.2 Å². The number of hydrogen-bond acceptors (Lipinski definition) is 4. The van der Waals surface area contributed by atoms with E-state index in [0.717, 1.165) is 18.2 Å². The molecule has 0 amide bonds. The van der Waals surface area contributed by atoms with Crippen molar-refractivity contribution >= 4 is 36.4 Å². The van der Waals surface area contributed by atoms with Crippen molar-refractivity contribution in [3.8, 4) is 11.5 Å². The lowest BCUT2D eigenvalue weighted by molar-refractivity contribution is 0.0899. The standard InChI is InChI=1S/C19H22ClF2N3O2Si/c1-28(2,3)7-6-26-11-25-5-4-13-16(10-17(20)24-19(13)25)27-18-14(21)8-12(23)9-15(18)22/h4-5,8-10H,6-7,11,23H2,1-3H3. The number of nitrogens with zero attached hydrogens (tertiary/aromatic N) is 2. The maximum atomic E-state index is 14.1. The lowest BCUT2D eigenvalue weighted by Gasteiger charge is -2.15. The average molecular weight is 426 g/mol. The fourth-order valence-electron chi connectivity index (χ4n) is 2.62. The Balaban J connectivity index is 1.86. The van der Waals surface area contributed by atoms with E-state index in [1.54, 1.807) is 16.8 Å². The molecule has 2 N–H and O–H groups in total. The second-order valence-corrected chi connectivity index (χ2v) is 13.7. The molecule has 2 heterocycles. The lowest BCUT2D eigenvalue weighted by atomic mass is 10.2. The molecule has 0 fully saturated rings. The number of nitrogen functional groups attached to an aromatic ring is 1. The summed E-state index contributed by atoms with van der Waals surface area (Å²) in [6, 6.07) is 6.19. The van der Waals surface area contributed by atoms with Crippen LogP contribution in [0.3, 0.4) is 0 Å². The second-order valence-electron chi connectivity index (χ2n) is 7.73.